The van der Waals surface area contributed by atoms with Crippen molar-refractivity contribution in [1.82, 2.24) is 19.9 Å². The number of hydrogen-bond donors (Lipinski definition) is 1. The van der Waals surface area contributed by atoms with Crippen LogP contribution in [0.25, 0.3) is 86.4 Å². The Balaban J connectivity index is 0.000000118. The van der Waals surface area contributed by atoms with Crippen molar-refractivity contribution in [3.8, 4) is 0 Å². The van der Waals surface area contributed by atoms with E-state index in [1.807, 2.05) is 78.9 Å². The van der Waals surface area contributed by atoms with Crippen molar-refractivity contribution >= 4 is 163 Å². The molecule has 328 valence electrons. The topological polar surface area (TPSA) is 66.8 Å². The monoisotopic (exact) mass is 1080 g/mol. The van der Waals surface area contributed by atoms with Crippen LogP contribution in [-0.2, 0) is 0 Å². The summed E-state index contributed by atoms with van der Waals surface area (Å²) in [5.41, 5.74) is 5.05. The molecule has 0 saturated heterocycles. The van der Waals surface area contributed by atoms with Gasteiger partial charge < -0.3 is 5.32 Å². The Labute approximate surface area is 422 Å². The number of benzene rings is 12. The molecule has 0 fully saturated rings. The molecule has 14 aromatic rings. The van der Waals surface area contributed by atoms with Gasteiger partial charge in [0.05, 0.1) is 16.7 Å². The number of aromatic nitrogens is 4. The van der Waals surface area contributed by atoms with Crippen LogP contribution in [0.3, 0.4) is 0 Å². The number of para-hydroxylation sites is 4. The third kappa shape index (κ3) is 7.82. The second-order valence-corrected chi connectivity index (χ2v) is 19.3. The zero-order chi connectivity index (χ0) is 46.4. The van der Waals surface area contributed by atoms with Crippen molar-refractivity contribution in [2.45, 2.75) is 0 Å². The molecule has 2 aromatic heterocycles. The number of rotatable bonds is 5. The van der Waals surface area contributed by atoms with Crippen LogP contribution in [-0.4, -0.2) is 19.9 Å². The van der Waals surface area contributed by atoms with Gasteiger partial charge >= 0.3 is 0 Å². The minimum atomic E-state index is 0.835. The highest BCUT2D eigenvalue weighted by Gasteiger charge is 2.21. The van der Waals surface area contributed by atoms with Crippen LogP contribution >= 0.6 is 47.8 Å². The van der Waals surface area contributed by atoms with Gasteiger partial charge in [0.25, 0.3) is 0 Å². The van der Waals surface area contributed by atoms with E-state index in [1.54, 1.807) is 12.7 Å². The van der Waals surface area contributed by atoms with Crippen molar-refractivity contribution in [1.29, 1.82) is 0 Å². The Morgan fingerprint density at radius 2 is 0.754 bits per heavy atom. The normalized spacial score (nSPS) is 11.4. The lowest BCUT2D eigenvalue weighted by atomic mass is 9.93. The Morgan fingerprint density at radius 3 is 1.32 bits per heavy atom. The van der Waals surface area contributed by atoms with Gasteiger partial charge in [-0.2, -0.15) is 0 Å². The molecule has 14 rings (SSSR count). The molecule has 0 aliphatic rings. The average Bonchev–Trinajstić information content (AvgIpc) is 3.40. The lowest BCUT2D eigenvalue weighted by Crippen LogP contribution is -2.13. The minimum Gasteiger partial charge on any atom is -0.340 e. The standard InChI is InChI=1S/C30H18BrN3.C16H8Br2.C14H11N3/c31-25-16-12-19-11-15-24-27(17-13-20-10-14-22(25)28(19)29(20)24)34(21-6-2-1-3-7-21)30-23-8-4-5-9-26(23)32-18-33-30;17-13-8-4-10-2-6-12-14(18)7-3-9-1-5-11(13)16(10)15(9)12;1-2-6-11(7-3-1)17-14-12-8-4-5-9-13(12)15-10-16-14/h1-18H;1-8H;1-10H,(H,15,16,17). The highest BCUT2D eigenvalue weighted by atomic mass is 79.9. The van der Waals surface area contributed by atoms with Crippen molar-refractivity contribution in [2.75, 3.05) is 10.2 Å². The van der Waals surface area contributed by atoms with E-state index in [0.29, 0.717) is 0 Å². The summed E-state index contributed by atoms with van der Waals surface area (Å²) in [5.74, 6) is 1.70. The lowest BCUT2D eigenvalue weighted by molar-refractivity contribution is 1.15. The molecule has 69 heavy (non-hydrogen) atoms. The highest BCUT2D eigenvalue weighted by Crippen LogP contribution is 2.46. The average molecular weight is 1080 g/mol. The number of nitrogens with one attached hydrogen (secondary N) is 1. The molecule has 0 aliphatic carbocycles. The number of fused-ring (bicyclic) bond motifs is 2. The first-order chi connectivity index (χ1) is 34.0. The number of anilines is 5. The van der Waals surface area contributed by atoms with Gasteiger partial charge in [0, 0.05) is 41.0 Å². The van der Waals surface area contributed by atoms with Gasteiger partial charge in [-0.25, -0.2) is 19.9 Å². The molecule has 0 aliphatic heterocycles. The molecule has 0 bridgehead atoms. The zero-order valence-electron chi connectivity index (χ0n) is 36.7. The Morgan fingerprint density at radius 1 is 0.333 bits per heavy atom. The van der Waals surface area contributed by atoms with Crippen LogP contribution in [0.2, 0.25) is 0 Å². The molecule has 0 amide bonds. The van der Waals surface area contributed by atoms with Gasteiger partial charge in [0.2, 0.25) is 0 Å². The highest BCUT2D eigenvalue weighted by molar-refractivity contribution is 9.11. The summed E-state index contributed by atoms with van der Waals surface area (Å²) >= 11 is 11.1. The van der Waals surface area contributed by atoms with E-state index in [0.717, 1.165) is 63.9 Å². The largest absolute Gasteiger partial charge is 0.340 e. The maximum Gasteiger partial charge on any atom is 0.148 e. The van der Waals surface area contributed by atoms with Crippen LogP contribution in [0.15, 0.2) is 232 Å². The van der Waals surface area contributed by atoms with Crippen LogP contribution in [0, 0.1) is 0 Å². The second kappa shape index (κ2) is 18.2. The molecule has 1 N–H and O–H groups in total. The van der Waals surface area contributed by atoms with Crippen molar-refractivity contribution in [2.24, 2.45) is 0 Å². The van der Waals surface area contributed by atoms with Gasteiger partial charge in [-0.05, 0) is 132 Å². The SMILES string of the molecule is Brc1ccc2ccc3c(Br)ccc4ccc1c2c43.Brc1ccc2ccc3c(N(c4ccccc4)c4ncnc5ccccc45)ccc4ccc1c2c43.c1ccc(Nc2ncnc3ccccc23)cc1. The summed E-state index contributed by atoms with van der Waals surface area (Å²) in [6, 6.07) is 71.6. The van der Waals surface area contributed by atoms with Crippen molar-refractivity contribution in [3.63, 3.8) is 0 Å². The van der Waals surface area contributed by atoms with Gasteiger partial charge in [0.1, 0.15) is 24.3 Å². The maximum atomic E-state index is 4.79. The van der Waals surface area contributed by atoms with Crippen LogP contribution < -0.4 is 10.2 Å². The second-order valence-electron chi connectivity index (χ2n) is 16.7. The van der Waals surface area contributed by atoms with E-state index >= 15 is 0 Å². The molecule has 0 atom stereocenters. The van der Waals surface area contributed by atoms with E-state index < -0.39 is 0 Å². The smallest absolute Gasteiger partial charge is 0.148 e. The molecule has 12 aromatic carbocycles. The van der Waals surface area contributed by atoms with E-state index in [1.165, 1.54) is 64.6 Å². The molecule has 2 heterocycles. The fourth-order valence-electron chi connectivity index (χ4n) is 9.56. The molecule has 0 spiro atoms. The van der Waals surface area contributed by atoms with Crippen molar-refractivity contribution < 1.29 is 0 Å². The summed E-state index contributed by atoms with van der Waals surface area (Å²) in [6.07, 6.45) is 3.23. The Kier molecular flexibility index (Phi) is 11.3. The molecule has 0 unspecified atom stereocenters. The fourth-order valence-corrected chi connectivity index (χ4v) is 10.9. The third-order valence-corrected chi connectivity index (χ3v) is 14.8. The van der Waals surface area contributed by atoms with Gasteiger partial charge in [-0.1, -0.05) is 181 Å². The zero-order valence-corrected chi connectivity index (χ0v) is 41.4. The van der Waals surface area contributed by atoms with Gasteiger partial charge in [-0.15, -0.1) is 0 Å². The molecular weight excluding hydrogens is 1040 g/mol. The summed E-state index contributed by atoms with van der Waals surface area (Å²) < 4.78 is 3.43. The minimum absolute atomic E-state index is 0.835. The van der Waals surface area contributed by atoms with E-state index in [9.17, 15) is 0 Å². The molecule has 6 nitrogen and oxygen atoms in total. The molecular formula is C60H37Br3N6. The van der Waals surface area contributed by atoms with Gasteiger partial charge in [0.15, 0.2) is 0 Å². The van der Waals surface area contributed by atoms with E-state index in [4.69, 9.17) is 4.98 Å². The molecule has 0 radical (unpaired) electrons. The van der Waals surface area contributed by atoms with Crippen LogP contribution in [0.5, 0.6) is 0 Å². The molecule has 9 heteroatoms. The number of halogens is 3. The van der Waals surface area contributed by atoms with Crippen LogP contribution in [0.1, 0.15) is 0 Å². The Bertz CT molecular complexity index is 4080. The lowest BCUT2D eigenvalue weighted by Gasteiger charge is -2.27. The number of hydrogen-bond acceptors (Lipinski definition) is 6. The quantitative estimate of drug-likeness (QED) is 0.173. The predicted molar refractivity (Wildman–Crippen MR) is 300 cm³/mol. The Hall–Kier alpha value is -7.56. The summed E-state index contributed by atoms with van der Waals surface area (Å²) in [7, 11) is 0. The first-order valence-electron chi connectivity index (χ1n) is 22.4. The summed E-state index contributed by atoms with van der Waals surface area (Å²) in [5, 5.41) is 20.6. The first kappa shape index (κ1) is 42.8. The summed E-state index contributed by atoms with van der Waals surface area (Å²) in [6.45, 7) is 0. The maximum absolute atomic E-state index is 4.79. The fraction of sp³-hybridized carbons (Fsp3) is 0. The molecule has 0 saturated carbocycles. The van der Waals surface area contributed by atoms with E-state index in [-0.39, 0.29) is 0 Å². The van der Waals surface area contributed by atoms with Gasteiger partial charge in [-0.3, -0.25) is 4.90 Å². The van der Waals surface area contributed by atoms with Crippen LogP contribution in [0.4, 0.5) is 28.7 Å². The van der Waals surface area contributed by atoms with E-state index in [2.05, 4.69) is 200 Å². The predicted octanol–water partition coefficient (Wildman–Crippen LogP) is 18.2. The summed E-state index contributed by atoms with van der Waals surface area (Å²) in [4.78, 5) is 20.1. The first-order valence-corrected chi connectivity index (χ1v) is 24.8. The third-order valence-electron chi connectivity index (χ3n) is 12.7. The van der Waals surface area contributed by atoms with Crippen molar-refractivity contribution in [3.05, 3.63) is 232 Å². The number of nitrogens with zero attached hydrogens (tertiary/aromatic N) is 5.